The third-order valence-corrected chi connectivity index (χ3v) is 5.07. The van der Waals surface area contributed by atoms with E-state index in [-0.39, 0.29) is 18.3 Å². The van der Waals surface area contributed by atoms with Gasteiger partial charge >= 0.3 is 0 Å². The van der Waals surface area contributed by atoms with Crippen molar-refractivity contribution in [1.29, 1.82) is 0 Å². The summed E-state index contributed by atoms with van der Waals surface area (Å²) in [6, 6.07) is 8.13. The highest BCUT2D eigenvalue weighted by molar-refractivity contribution is 6.00. The zero-order chi connectivity index (χ0) is 13.9. The Morgan fingerprint density at radius 1 is 1.19 bits per heavy atom. The van der Waals surface area contributed by atoms with Crippen molar-refractivity contribution >= 4 is 18.2 Å². The molecule has 0 saturated heterocycles. The van der Waals surface area contributed by atoms with Gasteiger partial charge < -0.3 is 4.90 Å². The van der Waals surface area contributed by atoms with Gasteiger partial charge in [-0.1, -0.05) is 30.7 Å². The van der Waals surface area contributed by atoms with Crippen LogP contribution >= 0.6 is 12.4 Å². The molecule has 3 heteroatoms. The second kappa shape index (κ2) is 7.42. The maximum Gasteiger partial charge on any atom is 0.166 e. The molecule has 1 unspecified atom stereocenters. The minimum absolute atomic E-state index is 0. The van der Waals surface area contributed by atoms with Gasteiger partial charge in [-0.3, -0.25) is 4.79 Å². The van der Waals surface area contributed by atoms with Gasteiger partial charge in [-0.05, 0) is 57.2 Å². The second-order valence-electron chi connectivity index (χ2n) is 6.60. The van der Waals surface area contributed by atoms with Gasteiger partial charge in [-0.2, -0.15) is 0 Å². The number of aryl methyl sites for hydroxylation is 1. The van der Waals surface area contributed by atoms with Crippen molar-refractivity contribution < 1.29 is 4.79 Å². The van der Waals surface area contributed by atoms with Gasteiger partial charge in [0.1, 0.15) is 0 Å². The molecule has 0 N–H and O–H groups in total. The highest BCUT2D eigenvalue weighted by Crippen LogP contribution is 2.29. The number of ketones is 1. The number of fused-ring (bicyclic) bond motifs is 1. The first-order valence-electron chi connectivity index (χ1n) is 8.04. The molecule has 0 bridgehead atoms. The van der Waals surface area contributed by atoms with Crippen LogP contribution in [-0.4, -0.2) is 30.8 Å². The number of hydrogen-bond donors (Lipinski definition) is 0. The van der Waals surface area contributed by atoms with Crippen LogP contribution in [-0.2, 0) is 6.42 Å². The number of nitrogens with zero attached hydrogens (tertiary/aromatic N) is 1. The van der Waals surface area contributed by atoms with Crippen molar-refractivity contribution in [2.24, 2.45) is 11.8 Å². The van der Waals surface area contributed by atoms with Crippen LogP contribution in [0.4, 0.5) is 0 Å². The molecule has 3 rings (SSSR count). The number of Topliss-reactive ketones (excluding diaryl/α,β-unsaturated/α-hetero) is 1. The largest absolute Gasteiger partial charge is 0.306 e. The van der Waals surface area contributed by atoms with Gasteiger partial charge in [0.05, 0.1) is 0 Å². The Morgan fingerprint density at radius 3 is 2.67 bits per heavy atom. The Bertz CT molecular complexity index is 484. The Morgan fingerprint density at radius 2 is 1.95 bits per heavy atom. The minimum Gasteiger partial charge on any atom is -0.306 e. The van der Waals surface area contributed by atoms with Gasteiger partial charge in [0, 0.05) is 18.0 Å². The van der Waals surface area contributed by atoms with E-state index in [1.54, 1.807) is 0 Å². The maximum absolute atomic E-state index is 12.5. The predicted octanol–water partition coefficient (Wildman–Crippen LogP) is 3.98. The molecule has 0 aromatic heterocycles. The molecule has 0 aliphatic heterocycles. The molecule has 0 radical (unpaired) electrons. The van der Waals surface area contributed by atoms with Crippen molar-refractivity contribution in [2.45, 2.75) is 38.5 Å². The van der Waals surface area contributed by atoms with Crippen molar-refractivity contribution in [2.75, 3.05) is 20.1 Å². The quantitative estimate of drug-likeness (QED) is 0.820. The summed E-state index contributed by atoms with van der Waals surface area (Å²) in [6.45, 7) is 2.28. The van der Waals surface area contributed by atoms with E-state index in [0.29, 0.717) is 5.78 Å². The Kier molecular flexibility index (Phi) is 5.83. The third kappa shape index (κ3) is 3.87. The first kappa shape index (κ1) is 16.5. The van der Waals surface area contributed by atoms with Crippen LogP contribution in [0, 0.1) is 11.8 Å². The number of carbonyl (C=O) groups excluding carboxylic acids is 1. The number of halogens is 1. The standard InChI is InChI=1S/C18H25NO.ClH/c1-19(13-14-5-4-6-14)12-11-16-10-9-15-7-2-3-8-17(15)18(16)20;/h2-3,7-8,14,16H,4-6,9-13H2,1H3;1H. The van der Waals surface area contributed by atoms with Crippen LogP contribution in [0.15, 0.2) is 24.3 Å². The third-order valence-electron chi connectivity index (χ3n) is 5.07. The lowest BCUT2D eigenvalue weighted by atomic mass is 9.81. The topological polar surface area (TPSA) is 20.3 Å². The monoisotopic (exact) mass is 307 g/mol. The summed E-state index contributed by atoms with van der Waals surface area (Å²) < 4.78 is 0. The van der Waals surface area contributed by atoms with E-state index in [1.807, 2.05) is 18.2 Å². The van der Waals surface area contributed by atoms with Gasteiger partial charge in [-0.15, -0.1) is 12.4 Å². The van der Waals surface area contributed by atoms with Crippen molar-refractivity contribution in [3.8, 4) is 0 Å². The van der Waals surface area contributed by atoms with Crippen molar-refractivity contribution in [3.05, 3.63) is 35.4 Å². The molecule has 2 aliphatic rings. The van der Waals surface area contributed by atoms with E-state index in [1.165, 1.54) is 31.4 Å². The molecule has 116 valence electrons. The Labute approximate surface area is 134 Å². The molecule has 0 amide bonds. The molecule has 1 aromatic rings. The van der Waals surface area contributed by atoms with Gasteiger partial charge in [0.2, 0.25) is 0 Å². The summed E-state index contributed by atoms with van der Waals surface area (Å²) in [5.41, 5.74) is 2.22. The Hall–Kier alpha value is -0.860. The first-order chi connectivity index (χ1) is 9.74. The van der Waals surface area contributed by atoms with E-state index in [9.17, 15) is 4.79 Å². The van der Waals surface area contributed by atoms with Gasteiger partial charge in [0.15, 0.2) is 5.78 Å². The van der Waals surface area contributed by atoms with Crippen LogP contribution in [0.2, 0.25) is 0 Å². The average Bonchev–Trinajstić information content (AvgIpc) is 2.42. The fourth-order valence-corrected chi connectivity index (χ4v) is 3.52. The van der Waals surface area contributed by atoms with Crippen LogP contribution in [0.5, 0.6) is 0 Å². The molecule has 2 nitrogen and oxygen atoms in total. The highest BCUT2D eigenvalue weighted by atomic mass is 35.5. The van der Waals surface area contributed by atoms with E-state index in [2.05, 4.69) is 18.0 Å². The number of benzene rings is 1. The fraction of sp³-hybridized carbons (Fsp3) is 0.611. The summed E-state index contributed by atoms with van der Waals surface area (Å²) in [4.78, 5) is 14.9. The molecule has 1 fully saturated rings. The lowest BCUT2D eigenvalue weighted by Crippen LogP contribution is -2.32. The Balaban J connectivity index is 0.00000161. The zero-order valence-electron chi connectivity index (χ0n) is 12.9. The molecule has 1 atom stereocenters. The van der Waals surface area contributed by atoms with E-state index >= 15 is 0 Å². The normalized spacial score (nSPS) is 21.6. The molecule has 0 spiro atoms. The lowest BCUT2D eigenvalue weighted by Gasteiger charge is -2.31. The molecule has 1 aromatic carbocycles. The van der Waals surface area contributed by atoms with Gasteiger partial charge in [0.25, 0.3) is 0 Å². The summed E-state index contributed by atoms with van der Waals surface area (Å²) in [5.74, 6) is 1.54. The summed E-state index contributed by atoms with van der Waals surface area (Å²) >= 11 is 0. The summed E-state index contributed by atoms with van der Waals surface area (Å²) in [5, 5.41) is 0. The van der Waals surface area contributed by atoms with Crippen molar-refractivity contribution in [3.63, 3.8) is 0 Å². The summed E-state index contributed by atoms with van der Waals surface area (Å²) in [7, 11) is 2.21. The van der Waals surface area contributed by atoms with Crippen molar-refractivity contribution in [1.82, 2.24) is 4.90 Å². The maximum atomic E-state index is 12.5. The summed E-state index contributed by atoms with van der Waals surface area (Å²) in [6.07, 6.45) is 7.35. The molecular weight excluding hydrogens is 282 g/mol. The van der Waals surface area contributed by atoms with E-state index in [4.69, 9.17) is 0 Å². The number of rotatable bonds is 5. The van der Waals surface area contributed by atoms with E-state index < -0.39 is 0 Å². The molecule has 21 heavy (non-hydrogen) atoms. The first-order valence-corrected chi connectivity index (χ1v) is 8.04. The number of carbonyl (C=O) groups is 1. The fourth-order valence-electron chi connectivity index (χ4n) is 3.52. The minimum atomic E-state index is 0. The lowest BCUT2D eigenvalue weighted by molar-refractivity contribution is 0.0881. The average molecular weight is 308 g/mol. The second-order valence-corrected chi connectivity index (χ2v) is 6.60. The predicted molar refractivity (Wildman–Crippen MR) is 89.3 cm³/mol. The highest BCUT2D eigenvalue weighted by Gasteiger charge is 2.27. The van der Waals surface area contributed by atoms with Crippen LogP contribution in [0.1, 0.15) is 48.0 Å². The van der Waals surface area contributed by atoms with Gasteiger partial charge in [-0.25, -0.2) is 0 Å². The SMILES string of the molecule is CN(CCC1CCc2ccccc2C1=O)CC1CCC1.Cl. The van der Waals surface area contributed by atoms with E-state index in [0.717, 1.165) is 37.3 Å². The van der Waals surface area contributed by atoms with Crippen LogP contribution in [0.3, 0.4) is 0 Å². The van der Waals surface area contributed by atoms with Crippen LogP contribution in [0.25, 0.3) is 0 Å². The smallest absolute Gasteiger partial charge is 0.166 e. The van der Waals surface area contributed by atoms with Crippen LogP contribution < -0.4 is 0 Å². The number of hydrogen-bond acceptors (Lipinski definition) is 2. The molecule has 2 aliphatic carbocycles. The zero-order valence-corrected chi connectivity index (χ0v) is 13.7. The molecule has 0 heterocycles. The molecule has 1 saturated carbocycles. The molecular formula is C18H26ClNO.